The quantitative estimate of drug-likeness (QED) is 0.0725. The molecule has 0 aliphatic heterocycles. The summed E-state index contributed by atoms with van der Waals surface area (Å²) in [5.74, 6) is 1.96. The first-order valence-corrected chi connectivity index (χ1v) is 40.0. The second-order valence-corrected chi connectivity index (χ2v) is 44.4. The molecule has 7 heteroatoms. The highest BCUT2D eigenvalue weighted by molar-refractivity contribution is 5.76. The number of hydrogen-bond acceptors (Lipinski definition) is 7. The predicted octanol–water partition coefficient (Wildman–Crippen LogP) is 26.1. The first-order valence-electron chi connectivity index (χ1n) is 40.0. The molecule has 8 aromatic carbocycles. The fourth-order valence-corrected chi connectivity index (χ4v) is 17.1. The number of phenols is 6. The van der Waals surface area contributed by atoms with Crippen molar-refractivity contribution in [2.45, 2.75) is 345 Å². The Hall–Kier alpha value is -7.64. The second kappa shape index (κ2) is 28.3. The zero-order valence-electron chi connectivity index (χ0n) is 73.4. The Morgan fingerprint density at radius 2 is 0.472 bits per heavy atom. The minimum atomic E-state index is -0.587. The van der Waals surface area contributed by atoms with Crippen LogP contribution in [0.2, 0.25) is 0 Å². The Labute approximate surface area is 653 Å². The van der Waals surface area contributed by atoms with Crippen LogP contribution in [0.1, 0.15) is 375 Å². The maximum Gasteiger partial charge on any atom is 0.123 e. The third-order valence-electron chi connectivity index (χ3n) is 22.8. The fourth-order valence-electron chi connectivity index (χ4n) is 17.1. The minimum absolute atomic E-state index is 0.305. The Bertz CT molecular complexity index is 4510. The van der Waals surface area contributed by atoms with E-state index in [0.717, 1.165) is 145 Å². The van der Waals surface area contributed by atoms with Crippen molar-refractivity contribution in [1.82, 2.24) is 0 Å². The van der Waals surface area contributed by atoms with Gasteiger partial charge in [0.05, 0.1) is 0 Å². The van der Waals surface area contributed by atoms with Crippen LogP contribution < -0.4 is 5.32 Å². The molecular formula is C101H139NO6. The summed E-state index contributed by atoms with van der Waals surface area (Å²) in [4.78, 5) is 0. The molecule has 0 saturated heterocycles. The van der Waals surface area contributed by atoms with E-state index in [2.05, 4.69) is 338 Å². The molecule has 1 aliphatic rings. The van der Waals surface area contributed by atoms with Gasteiger partial charge in [0.15, 0.2) is 0 Å². The number of aromatic hydroxyl groups is 6. The molecule has 0 amide bonds. The van der Waals surface area contributed by atoms with Crippen molar-refractivity contribution in [3.05, 3.63) is 231 Å². The maximum atomic E-state index is 13.0. The molecule has 1 aliphatic carbocycles. The molecule has 0 heterocycles. The highest BCUT2D eigenvalue weighted by atomic mass is 16.3. The van der Waals surface area contributed by atoms with Crippen molar-refractivity contribution in [2.24, 2.45) is 0 Å². The molecule has 0 unspecified atom stereocenters. The van der Waals surface area contributed by atoms with E-state index in [0.29, 0.717) is 79.4 Å². The van der Waals surface area contributed by atoms with Crippen LogP contribution in [0.3, 0.4) is 0 Å². The first-order chi connectivity index (χ1) is 48.7. The van der Waals surface area contributed by atoms with Crippen molar-refractivity contribution >= 4 is 11.4 Å². The SMILES string of the molecule is CC(C)(C)c1cc(Cc2cc(Cc3cc(C(C)(C)C)c(O)c(C(C)(C)C)c3)c(Nc3c(Cc4cc(C(C)(C)C)c(O)c(C(C)(C)C)c4)cc4cc3Cc3cc(C(C)(C)C)c(O)c(c3)C(C)(C)CC(C)(C)c3cc(cc(C(C)(C)C)c3O)C4)c(Cc3cc(C(C)(C)C)c(O)c(C(C)(C)C)c3)c2)cc(C(C)(C)C)c1O. The fraction of sp³-hybridized carbons (Fsp3) is 0.525. The van der Waals surface area contributed by atoms with Gasteiger partial charge in [0.2, 0.25) is 0 Å². The lowest BCUT2D eigenvalue weighted by Gasteiger charge is -2.39. The molecule has 0 aromatic heterocycles. The molecule has 7 nitrogen and oxygen atoms in total. The third-order valence-corrected chi connectivity index (χ3v) is 22.8. The van der Waals surface area contributed by atoms with Gasteiger partial charge in [0.25, 0.3) is 0 Å². The summed E-state index contributed by atoms with van der Waals surface area (Å²) in [6.45, 7) is 74.5. The third kappa shape index (κ3) is 18.2. The highest BCUT2D eigenvalue weighted by Crippen LogP contribution is 2.52. The number of fused-ring (bicyclic) bond motifs is 6. The maximum absolute atomic E-state index is 13.0. The molecule has 0 radical (unpaired) electrons. The van der Waals surface area contributed by atoms with Crippen LogP contribution in [0.25, 0.3) is 0 Å². The van der Waals surface area contributed by atoms with Crippen molar-refractivity contribution < 1.29 is 30.6 Å². The van der Waals surface area contributed by atoms with Gasteiger partial charge in [0.1, 0.15) is 34.5 Å². The number of hydrogen-bond donors (Lipinski definition) is 7. The van der Waals surface area contributed by atoms with Crippen LogP contribution >= 0.6 is 0 Å². The molecule has 0 spiro atoms. The van der Waals surface area contributed by atoms with Gasteiger partial charge in [-0.05, 0) is 232 Å². The van der Waals surface area contributed by atoms with E-state index in [4.69, 9.17) is 0 Å². The Kier molecular flexibility index (Phi) is 22.1. The summed E-state index contributed by atoms with van der Waals surface area (Å²) < 4.78 is 0. The van der Waals surface area contributed by atoms with Gasteiger partial charge in [0, 0.05) is 22.5 Å². The summed E-state index contributed by atoms with van der Waals surface area (Å²) >= 11 is 0. The van der Waals surface area contributed by atoms with E-state index in [9.17, 15) is 30.6 Å². The average Bonchev–Trinajstić information content (AvgIpc) is 0.759. The van der Waals surface area contributed by atoms with Crippen LogP contribution in [-0.4, -0.2) is 30.6 Å². The lowest BCUT2D eigenvalue weighted by molar-refractivity contribution is 0.323. The standard InChI is InChI=1S/C101H139NO6/c1-90(2,3)70-45-60(46-71(84(70)103)91(4,5)6)35-58-37-66(41-62-48-72(92(7,8)9)85(104)73(49-62)93(10,11)12)82(67(38-58)42-63-50-74(94(13,14)15)86(105)75(51-63)95(16,17)18)102-83-68(43-64-52-76(96(19,20)21)87(106)77(53-64)97(22,23)24)39-59-36-61-47-78(98(25,26)27)88(107)80(55-61)100(31,32)57-101(33,34)81-56-65(44-69(83)40-59)54-79(89(81)108)99(28,29)30/h37-40,45-56,102-108H,35-36,41-44,57H2,1-34H3. The first kappa shape index (κ1) is 84.4. The number of phenolic OH excluding ortho intramolecular Hbond substituents is 6. The smallest absolute Gasteiger partial charge is 0.123 e. The lowest BCUT2D eigenvalue weighted by atomic mass is 9.66. The van der Waals surface area contributed by atoms with E-state index < -0.39 is 54.1 Å². The van der Waals surface area contributed by atoms with Crippen molar-refractivity contribution in [3.63, 3.8) is 0 Å². The molecule has 108 heavy (non-hydrogen) atoms. The van der Waals surface area contributed by atoms with Gasteiger partial charge in [-0.2, -0.15) is 0 Å². The number of rotatable bonds is 10. The highest BCUT2D eigenvalue weighted by Gasteiger charge is 2.40. The van der Waals surface area contributed by atoms with Crippen LogP contribution in [0.5, 0.6) is 34.5 Å². The van der Waals surface area contributed by atoms with Gasteiger partial charge >= 0.3 is 0 Å². The van der Waals surface area contributed by atoms with Crippen molar-refractivity contribution in [3.8, 4) is 34.5 Å². The summed E-state index contributed by atoms with van der Waals surface area (Å²) in [5.41, 5.74) is 20.5. The molecule has 0 saturated carbocycles. The molecule has 6 bridgehead atoms. The monoisotopic (exact) mass is 1460 g/mol. The van der Waals surface area contributed by atoms with Crippen molar-refractivity contribution in [1.29, 1.82) is 0 Å². The number of benzene rings is 8. The molecular weight excluding hydrogens is 1320 g/mol. The van der Waals surface area contributed by atoms with Gasteiger partial charge in [-0.3, -0.25) is 0 Å². The molecule has 9 rings (SSSR count). The largest absolute Gasteiger partial charge is 0.507 e. The lowest BCUT2D eigenvalue weighted by Crippen LogP contribution is -2.31. The van der Waals surface area contributed by atoms with Crippen LogP contribution in [0.15, 0.2) is 97.1 Å². The van der Waals surface area contributed by atoms with E-state index in [-0.39, 0.29) is 10.8 Å². The molecule has 0 atom stereocenters. The van der Waals surface area contributed by atoms with E-state index in [1.165, 1.54) is 0 Å². The van der Waals surface area contributed by atoms with Crippen LogP contribution in [0.4, 0.5) is 11.4 Å². The molecule has 8 aromatic rings. The Morgan fingerprint density at radius 3 is 0.741 bits per heavy atom. The molecule has 584 valence electrons. The zero-order valence-corrected chi connectivity index (χ0v) is 73.4. The van der Waals surface area contributed by atoms with E-state index in [1.807, 2.05) is 0 Å². The van der Waals surface area contributed by atoms with E-state index in [1.54, 1.807) is 0 Å². The van der Waals surface area contributed by atoms with Crippen LogP contribution in [-0.2, 0) is 104 Å². The summed E-state index contributed by atoms with van der Waals surface area (Å²) in [6.07, 6.45) is 3.77. The zero-order chi connectivity index (χ0) is 81.4. The van der Waals surface area contributed by atoms with E-state index >= 15 is 0 Å². The van der Waals surface area contributed by atoms with Gasteiger partial charge in [-0.25, -0.2) is 0 Å². The minimum Gasteiger partial charge on any atom is -0.507 e. The Morgan fingerprint density at radius 1 is 0.250 bits per heavy atom. The molecule has 7 N–H and O–H groups in total. The van der Waals surface area contributed by atoms with Crippen LogP contribution in [0, 0.1) is 0 Å². The van der Waals surface area contributed by atoms with Crippen molar-refractivity contribution in [2.75, 3.05) is 5.32 Å². The second-order valence-electron chi connectivity index (χ2n) is 44.4. The topological polar surface area (TPSA) is 133 Å². The summed E-state index contributed by atoms with van der Waals surface area (Å²) in [6, 6.07) is 36.5. The van der Waals surface area contributed by atoms with Gasteiger partial charge in [-0.15, -0.1) is 0 Å². The average molecular weight is 1460 g/mol. The normalized spacial score (nSPS) is 15.0. The summed E-state index contributed by atoms with van der Waals surface area (Å²) in [5, 5.41) is 80.0. The summed E-state index contributed by atoms with van der Waals surface area (Å²) in [7, 11) is 0. The number of nitrogens with one attached hydrogen (secondary N) is 1. The number of anilines is 2. The Balaban J connectivity index is 1.52. The van der Waals surface area contributed by atoms with Gasteiger partial charge < -0.3 is 36.0 Å². The van der Waals surface area contributed by atoms with Gasteiger partial charge in [-0.1, -0.05) is 332 Å². The molecule has 0 fully saturated rings. The predicted molar refractivity (Wildman–Crippen MR) is 459 cm³/mol.